The molecule has 0 aromatic carbocycles. The van der Waals surface area contributed by atoms with Crippen LogP contribution in [0.2, 0.25) is 0 Å². The summed E-state index contributed by atoms with van der Waals surface area (Å²) < 4.78 is 4.91. The Kier molecular flexibility index (Phi) is 4.59. The van der Waals surface area contributed by atoms with Crippen molar-refractivity contribution in [3.05, 3.63) is 0 Å². The summed E-state index contributed by atoms with van der Waals surface area (Å²) in [5, 5.41) is 2.59. The molecule has 1 N–H and O–H groups in total. The number of carbonyl (C=O) groups is 2. The minimum Gasteiger partial charge on any atom is -0.464 e. The number of ether oxygens (including phenoxy) is 1. The summed E-state index contributed by atoms with van der Waals surface area (Å²) in [6.07, 6.45) is 2.81. The molecule has 1 rings (SSSR count). The molecule has 0 radical (unpaired) electrons. The fraction of sp³-hybridized carbons (Fsp3) is 0.818. The highest BCUT2D eigenvalue weighted by molar-refractivity contribution is 5.85. The molecule has 4 heteroatoms. The highest BCUT2D eigenvalue weighted by Crippen LogP contribution is 2.37. The van der Waals surface area contributed by atoms with Gasteiger partial charge in [0.2, 0.25) is 5.91 Å². The third-order valence-corrected chi connectivity index (χ3v) is 2.61. The molecule has 0 saturated heterocycles. The van der Waals surface area contributed by atoms with E-state index in [0.717, 1.165) is 19.3 Å². The summed E-state index contributed by atoms with van der Waals surface area (Å²) in [5.41, 5.74) is 0. The molecule has 2 atom stereocenters. The van der Waals surface area contributed by atoms with Crippen molar-refractivity contribution in [3.63, 3.8) is 0 Å². The highest BCUT2D eigenvalue weighted by atomic mass is 16.5. The molecule has 1 fully saturated rings. The SMILES string of the molecule is CCCCOC(=O)CNC(=O)C1CC1C. The van der Waals surface area contributed by atoms with Crippen molar-refractivity contribution in [2.75, 3.05) is 13.2 Å². The Labute approximate surface area is 90.4 Å². The van der Waals surface area contributed by atoms with Gasteiger partial charge in [-0.25, -0.2) is 0 Å². The van der Waals surface area contributed by atoms with Crippen molar-refractivity contribution in [1.29, 1.82) is 0 Å². The van der Waals surface area contributed by atoms with Crippen LogP contribution in [0.5, 0.6) is 0 Å². The van der Waals surface area contributed by atoms with E-state index in [2.05, 4.69) is 5.32 Å². The van der Waals surface area contributed by atoms with Gasteiger partial charge in [0.1, 0.15) is 6.54 Å². The standard InChI is InChI=1S/C11H19NO3/c1-3-4-5-15-10(13)7-12-11(14)9-6-8(9)2/h8-9H,3-7H2,1-2H3,(H,12,14). The maximum absolute atomic E-state index is 11.3. The zero-order valence-corrected chi connectivity index (χ0v) is 9.41. The summed E-state index contributed by atoms with van der Waals surface area (Å²) in [6.45, 7) is 4.52. The molecule has 1 aliphatic carbocycles. The van der Waals surface area contributed by atoms with Crippen LogP contribution in [0.3, 0.4) is 0 Å². The first-order valence-electron chi connectivity index (χ1n) is 5.58. The number of amides is 1. The topological polar surface area (TPSA) is 55.4 Å². The summed E-state index contributed by atoms with van der Waals surface area (Å²) in [7, 11) is 0. The normalized spacial score (nSPS) is 23.3. The molecule has 0 aromatic rings. The van der Waals surface area contributed by atoms with Gasteiger partial charge in [0.05, 0.1) is 6.61 Å². The molecule has 86 valence electrons. The Bertz CT molecular complexity index is 240. The second-order valence-corrected chi connectivity index (χ2v) is 4.11. The molecule has 1 saturated carbocycles. The van der Waals surface area contributed by atoms with E-state index in [4.69, 9.17) is 4.74 Å². The number of rotatable bonds is 6. The lowest BCUT2D eigenvalue weighted by Gasteiger charge is -2.05. The largest absolute Gasteiger partial charge is 0.464 e. The van der Waals surface area contributed by atoms with Crippen LogP contribution in [0, 0.1) is 11.8 Å². The Hall–Kier alpha value is -1.06. The van der Waals surface area contributed by atoms with E-state index < -0.39 is 0 Å². The average Bonchev–Trinajstić information content (AvgIpc) is 2.92. The van der Waals surface area contributed by atoms with Gasteiger partial charge >= 0.3 is 5.97 Å². The van der Waals surface area contributed by atoms with Crippen molar-refractivity contribution < 1.29 is 14.3 Å². The molecular formula is C11H19NO3. The van der Waals surface area contributed by atoms with E-state index in [1.54, 1.807) is 0 Å². The van der Waals surface area contributed by atoms with E-state index in [-0.39, 0.29) is 24.3 Å². The van der Waals surface area contributed by atoms with Crippen LogP contribution in [0.1, 0.15) is 33.1 Å². The predicted molar refractivity (Wildman–Crippen MR) is 56.1 cm³/mol. The van der Waals surface area contributed by atoms with Gasteiger partial charge in [0.25, 0.3) is 0 Å². The maximum atomic E-state index is 11.3. The van der Waals surface area contributed by atoms with Gasteiger partial charge in [-0.2, -0.15) is 0 Å². The molecule has 15 heavy (non-hydrogen) atoms. The van der Waals surface area contributed by atoms with E-state index in [9.17, 15) is 9.59 Å². The fourth-order valence-corrected chi connectivity index (χ4v) is 1.36. The van der Waals surface area contributed by atoms with Crippen LogP contribution in [-0.4, -0.2) is 25.0 Å². The van der Waals surface area contributed by atoms with Crippen LogP contribution in [0.25, 0.3) is 0 Å². The molecule has 1 aliphatic rings. The highest BCUT2D eigenvalue weighted by Gasteiger charge is 2.38. The van der Waals surface area contributed by atoms with Crippen LogP contribution < -0.4 is 5.32 Å². The van der Waals surface area contributed by atoms with Gasteiger partial charge in [-0.15, -0.1) is 0 Å². The van der Waals surface area contributed by atoms with Crippen LogP contribution in [0.15, 0.2) is 0 Å². The quantitative estimate of drug-likeness (QED) is 0.531. The number of hydrogen-bond acceptors (Lipinski definition) is 3. The van der Waals surface area contributed by atoms with Gasteiger partial charge in [-0.1, -0.05) is 20.3 Å². The summed E-state index contributed by atoms with van der Waals surface area (Å²) in [6, 6.07) is 0. The number of carbonyl (C=O) groups excluding carboxylic acids is 2. The summed E-state index contributed by atoms with van der Waals surface area (Å²) in [5.74, 6) is 0.231. The second-order valence-electron chi connectivity index (χ2n) is 4.11. The lowest BCUT2D eigenvalue weighted by atomic mass is 10.3. The van der Waals surface area contributed by atoms with Gasteiger partial charge in [0.15, 0.2) is 0 Å². The third kappa shape index (κ3) is 4.32. The predicted octanol–water partition coefficient (Wildman–Crippen LogP) is 1.10. The zero-order chi connectivity index (χ0) is 11.3. The molecule has 1 amide bonds. The minimum atomic E-state index is -0.342. The van der Waals surface area contributed by atoms with Crippen molar-refractivity contribution in [1.82, 2.24) is 5.32 Å². The maximum Gasteiger partial charge on any atom is 0.325 e. The lowest BCUT2D eigenvalue weighted by Crippen LogP contribution is -2.32. The number of nitrogens with one attached hydrogen (secondary N) is 1. The minimum absolute atomic E-state index is 0.00572. The molecular weight excluding hydrogens is 194 g/mol. The van der Waals surface area contributed by atoms with E-state index in [1.165, 1.54) is 0 Å². The van der Waals surface area contributed by atoms with Crippen LogP contribution in [0.4, 0.5) is 0 Å². The fourth-order valence-electron chi connectivity index (χ4n) is 1.36. The Morgan fingerprint density at radius 3 is 2.67 bits per heavy atom. The average molecular weight is 213 g/mol. The number of unbranched alkanes of at least 4 members (excludes halogenated alkanes) is 1. The first-order chi connectivity index (χ1) is 7.15. The Morgan fingerprint density at radius 2 is 2.13 bits per heavy atom. The smallest absolute Gasteiger partial charge is 0.325 e. The van der Waals surface area contributed by atoms with Crippen molar-refractivity contribution in [2.45, 2.75) is 33.1 Å². The van der Waals surface area contributed by atoms with E-state index in [1.807, 2.05) is 13.8 Å². The molecule has 0 heterocycles. The molecule has 0 bridgehead atoms. The summed E-state index contributed by atoms with van der Waals surface area (Å²) in [4.78, 5) is 22.4. The van der Waals surface area contributed by atoms with Crippen molar-refractivity contribution in [2.24, 2.45) is 11.8 Å². The van der Waals surface area contributed by atoms with Crippen molar-refractivity contribution >= 4 is 11.9 Å². The van der Waals surface area contributed by atoms with E-state index >= 15 is 0 Å². The monoisotopic (exact) mass is 213 g/mol. The Balaban J connectivity index is 2.03. The first kappa shape index (κ1) is 12.0. The Morgan fingerprint density at radius 1 is 1.47 bits per heavy atom. The second kappa shape index (κ2) is 5.73. The summed E-state index contributed by atoms with van der Waals surface area (Å²) >= 11 is 0. The van der Waals surface area contributed by atoms with Gasteiger partial charge in [-0.3, -0.25) is 9.59 Å². The zero-order valence-electron chi connectivity index (χ0n) is 9.41. The van der Waals surface area contributed by atoms with Crippen LogP contribution in [-0.2, 0) is 14.3 Å². The molecule has 0 aliphatic heterocycles. The van der Waals surface area contributed by atoms with Crippen LogP contribution >= 0.6 is 0 Å². The number of hydrogen-bond donors (Lipinski definition) is 1. The molecule has 2 unspecified atom stereocenters. The number of esters is 1. The van der Waals surface area contributed by atoms with Crippen molar-refractivity contribution in [3.8, 4) is 0 Å². The molecule has 0 aromatic heterocycles. The lowest BCUT2D eigenvalue weighted by molar-refractivity contribution is -0.144. The van der Waals surface area contributed by atoms with Gasteiger partial charge < -0.3 is 10.1 Å². The van der Waals surface area contributed by atoms with E-state index in [0.29, 0.717) is 12.5 Å². The third-order valence-electron chi connectivity index (χ3n) is 2.61. The first-order valence-corrected chi connectivity index (χ1v) is 5.58. The van der Waals surface area contributed by atoms with Gasteiger partial charge in [0, 0.05) is 5.92 Å². The van der Waals surface area contributed by atoms with Gasteiger partial charge in [-0.05, 0) is 18.8 Å². The molecule has 0 spiro atoms. The molecule has 4 nitrogen and oxygen atoms in total.